The molecule has 1 saturated heterocycles. The molecule has 0 aliphatic carbocycles. The smallest absolute Gasteiger partial charge is 0.326 e. The number of hydrogen-bond donors (Lipinski definition) is 4. The van der Waals surface area contributed by atoms with Gasteiger partial charge in [-0.1, -0.05) is 96.1 Å². The number of carbonyl (C=O) groups is 10. The topological polar surface area (TPSA) is 259 Å². The van der Waals surface area contributed by atoms with Crippen LogP contribution in [0.3, 0.4) is 0 Å². The Morgan fingerprint density at radius 2 is 1.11 bits per heavy atom. The van der Waals surface area contributed by atoms with E-state index in [4.69, 9.17) is 4.74 Å². The molecule has 9 atom stereocenters. The first-order chi connectivity index (χ1) is 39.7. The number of urea groups is 1. The lowest BCUT2D eigenvalue weighted by molar-refractivity contribution is -0.151. The summed E-state index contributed by atoms with van der Waals surface area (Å²) in [7, 11) is 8.23. The number of fused-ring (bicyclic) bond motifs is 2. The van der Waals surface area contributed by atoms with Crippen LogP contribution in [-0.4, -0.2) is 215 Å². The third-order valence-corrected chi connectivity index (χ3v) is 15.9. The average Bonchev–Trinajstić information content (AvgIpc) is 3.37. The van der Waals surface area contributed by atoms with E-state index in [1.165, 1.54) is 61.8 Å². The Labute approximate surface area is 504 Å². The summed E-state index contributed by atoms with van der Waals surface area (Å²) in [5.74, 6) is -6.73. The van der Waals surface area contributed by atoms with Gasteiger partial charge in [0.1, 0.15) is 48.3 Å². The second-order valence-corrected chi connectivity index (χ2v) is 25.4. The second kappa shape index (κ2) is 31.4. The van der Waals surface area contributed by atoms with Gasteiger partial charge in [-0.25, -0.2) is 4.79 Å². The predicted octanol–water partition coefficient (Wildman–Crippen LogP) is 4.17. The second-order valence-electron chi connectivity index (χ2n) is 25.4. The highest BCUT2D eigenvalue weighted by Crippen LogP contribution is 2.25. The molecular weight excluding hydrogens is 1090 g/mol. The van der Waals surface area contributed by atoms with E-state index >= 15 is 14.4 Å². The van der Waals surface area contributed by atoms with Crippen molar-refractivity contribution < 1.29 is 57.8 Å². The Morgan fingerprint density at radius 1 is 0.600 bits per heavy atom. The van der Waals surface area contributed by atoms with Crippen LogP contribution >= 0.6 is 0 Å². The molecule has 2 aromatic rings. The zero-order valence-electron chi connectivity index (χ0n) is 53.5. The fraction of sp³-hybridized carbons (Fsp3) is 0.651. The number of rotatable bonds is 12. The molecule has 2 heterocycles. The van der Waals surface area contributed by atoms with Crippen LogP contribution in [-0.2, 0) is 60.7 Å². The third-order valence-electron chi connectivity index (χ3n) is 15.9. The van der Waals surface area contributed by atoms with Crippen molar-refractivity contribution in [3.63, 3.8) is 0 Å². The van der Waals surface area contributed by atoms with Crippen LogP contribution in [0.1, 0.15) is 137 Å². The molecule has 2 aliphatic heterocycles. The van der Waals surface area contributed by atoms with Crippen LogP contribution in [0.5, 0.6) is 0 Å². The van der Waals surface area contributed by atoms with Crippen molar-refractivity contribution in [3.05, 3.63) is 71.3 Å². The first-order valence-electron chi connectivity index (χ1n) is 29.9. The molecule has 2 aliphatic rings. The molecule has 0 unspecified atom stereocenters. The molecule has 0 aromatic heterocycles. The molecule has 22 nitrogen and oxygen atoms in total. The Morgan fingerprint density at radius 3 is 1.64 bits per heavy atom. The first-order valence-corrected chi connectivity index (χ1v) is 29.9. The summed E-state index contributed by atoms with van der Waals surface area (Å²) in [6, 6.07) is 4.14. The van der Waals surface area contributed by atoms with E-state index in [0.29, 0.717) is 34.7 Å². The molecular formula is C63H98N10O12. The molecule has 2 bridgehead atoms. The number of aliphatic hydroxyl groups excluding tert-OH is 1. The number of piperidine rings is 1. The van der Waals surface area contributed by atoms with Gasteiger partial charge in [0.2, 0.25) is 47.3 Å². The first kappa shape index (κ1) is 70.5. The van der Waals surface area contributed by atoms with Gasteiger partial charge in [-0.2, -0.15) is 0 Å². The maximum absolute atomic E-state index is 15.1. The summed E-state index contributed by atoms with van der Waals surface area (Å²) in [5, 5.41) is 19.6. The van der Waals surface area contributed by atoms with E-state index in [1.807, 2.05) is 41.5 Å². The minimum absolute atomic E-state index is 0.00843. The lowest BCUT2D eigenvalue weighted by Crippen LogP contribution is -2.62. The van der Waals surface area contributed by atoms with Crippen molar-refractivity contribution in [2.45, 2.75) is 188 Å². The largest absolute Gasteiger partial charge is 0.391 e. The summed E-state index contributed by atoms with van der Waals surface area (Å²) in [4.78, 5) is 156. The van der Waals surface area contributed by atoms with Gasteiger partial charge >= 0.3 is 6.03 Å². The lowest BCUT2D eigenvalue weighted by atomic mass is 9.97. The van der Waals surface area contributed by atoms with Gasteiger partial charge in [-0.05, 0) is 108 Å². The predicted molar refractivity (Wildman–Crippen MR) is 323 cm³/mol. The lowest BCUT2D eigenvalue weighted by Gasteiger charge is -2.38. The van der Waals surface area contributed by atoms with Gasteiger partial charge in [0, 0.05) is 61.8 Å². The number of nitrogens with zero attached hydrogens (tertiary/aromatic N) is 7. The van der Waals surface area contributed by atoms with E-state index in [9.17, 15) is 38.7 Å². The zero-order valence-corrected chi connectivity index (χ0v) is 53.5. The molecule has 4 N–H and O–H groups in total. The van der Waals surface area contributed by atoms with Gasteiger partial charge in [-0.15, -0.1) is 0 Å². The number of benzene rings is 2. The summed E-state index contributed by atoms with van der Waals surface area (Å²) in [6.07, 6.45) is 0.871. The normalized spacial score (nSPS) is 24.8. The van der Waals surface area contributed by atoms with Gasteiger partial charge in [0.25, 0.3) is 5.91 Å². The van der Waals surface area contributed by atoms with Crippen molar-refractivity contribution in [2.24, 2.45) is 17.8 Å². The maximum atomic E-state index is 15.1. The van der Waals surface area contributed by atoms with Crippen LogP contribution in [0.2, 0.25) is 0 Å². The molecule has 11 amide bonds. The molecule has 472 valence electrons. The highest BCUT2D eigenvalue weighted by Gasteiger charge is 2.43. The molecule has 0 spiro atoms. The van der Waals surface area contributed by atoms with Gasteiger partial charge in [0.05, 0.1) is 24.7 Å². The minimum atomic E-state index is -1.74. The number of likely N-dealkylation sites (N-methyl/N-ethyl adjacent to an activating group) is 6. The summed E-state index contributed by atoms with van der Waals surface area (Å²) in [6.45, 7) is 19.7. The van der Waals surface area contributed by atoms with Crippen LogP contribution < -0.4 is 16.0 Å². The maximum Gasteiger partial charge on any atom is 0.326 e. The SMILES string of the molecule is CC(C)C[C@H]1C(=O)N[C@H](C(=O)N2CCCCC2)c2cccc(c2)CC(=O)N(C)[C@@H](C)C(=O)N(C)[C@@H](Cc2ccccc2)C(=O)N(C)[C@@H](CC(C)C)C(=O)N[C@@H]([C@@H](C)O)C(=O)N(C)C(=O)N(C)[C@@H](CC(C)C)C(=O)N[C@@H](COC(C)(C)C)C(=O)N1C. The Bertz CT molecular complexity index is 2650. The summed E-state index contributed by atoms with van der Waals surface area (Å²) < 4.78 is 6.13. The van der Waals surface area contributed by atoms with Crippen molar-refractivity contribution >= 4 is 59.2 Å². The molecule has 22 heteroatoms. The van der Waals surface area contributed by atoms with Crippen molar-refractivity contribution in [1.82, 2.24) is 50.2 Å². The fourth-order valence-corrected chi connectivity index (χ4v) is 10.6. The van der Waals surface area contributed by atoms with Crippen LogP contribution in [0.15, 0.2) is 54.6 Å². The van der Waals surface area contributed by atoms with Crippen molar-refractivity contribution in [1.29, 1.82) is 0 Å². The zero-order chi connectivity index (χ0) is 63.9. The third kappa shape index (κ3) is 19.5. The number of ether oxygens (including phenoxy) is 1. The van der Waals surface area contributed by atoms with Gasteiger partial charge in [-0.3, -0.25) is 48.1 Å². The highest BCUT2D eigenvalue weighted by molar-refractivity contribution is 6.02. The molecule has 0 radical (unpaired) electrons. The van der Waals surface area contributed by atoms with E-state index in [1.54, 1.807) is 87.2 Å². The number of imide groups is 1. The number of hydrogen-bond acceptors (Lipinski definition) is 12. The summed E-state index contributed by atoms with van der Waals surface area (Å²) in [5.41, 5.74) is 0.722. The average molecular weight is 1190 g/mol. The minimum Gasteiger partial charge on any atom is -0.391 e. The monoisotopic (exact) mass is 1190 g/mol. The van der Waals surface area contributed by atoms with Gasteiger partial charge < -0.3 is 55.2 Å². The van der Waals surface area contributed by atoms with Crippen molar-refractivity contribution in [3.8, 4) is 0 Å². The number of nitrogens with one attached hydrogen (secondary N) is 3. The Kier molecular flexibility index (Phi) is 26.1. The molecule has 1 fully saturated rings. The van der Waals surface area contributed by atoms with Crippen LogP contribution in [0.4, 0.5) is 4.79 Å². The Hall–Kier alpha value is -6.94. The standard InChI is InChI=1S/C63H98N10O12/c1-38(2)31-47-56(78)66-53(61(83)73-29-22-19-23-30-73)45-28-24-27-44(34-45)36-51(75)67(12)41(7)57(79)70(15)50(35-43-25-20-18-21-26-43)59(81)69(14)48(32-39(3)4)55(77)65-52(42(8)74)60(82)72(17)62(84)71(16)49(33-40(5)6)54(76)64-46(58(80)68(47)13)37-85-63(9,10)11/h18,20-21,24-28,34,38-42,46-50,52-53,74H,19,22-23,29-33,35-37H2,1-17H3,(H,64,76)(H,65,77)(H,66,78)/t41-,42+,46-,47-,48-,49-,50-,52-,53-/m0/s1. The number of likely N-dealkylation sites (tertiary alicyclic amines) is 1. The van der Waals surface area contributed by atoms with Crippen LogP contribution in [0.25, 0.3) is 0 Å². The van der Waals surface area contributed by atoms with Crippen molar-refractivity contribution in [2.75, 3.05) is 62.0 Å². The van der Waals surface area contributed by atoms with Gasteiger partial charge in [0.15, 0.2) is 0 Å². The molecule has 85 heavy (non-hydrogen) atoms. The van der Waals surface area contributed by atoms with Crippen LogP contribution in [0, 0.1) is 17.8 Å². The number of amides is 11. The number of aliphatic hydroxyl groups is 1. The fourth-order valence-electron chi connectivity index (χ4n) is 10.6. The number of carbonyl (C=O) groups excluding carboxylic acids is 10. The molecule has 2 aromatic carbocycles. The van der Waals surface area contributed by atoms with E-state index in [-0.39, 0.29) is 62.4 Å². The molecule has 4 rings (SSSR count). The Balaban J connectivity index is 1.95. The van der Waals surface area contributed by atoms with E-state index < -0.39 is 113 Å². The molecule has 0 saturated carbocycles. The quantitative estimate of drug-likeness (QED) is 0.234. The van der Waals surface area contributed by atoms with E-state index in [2.05, 4.69) is 16.0 Å². The summed E-state index contributed by atoms with van der Waals surface area (Å²) >= 11 is 0. The van der Waals surface area contributed by atoms with E-state index in [0.717, 1.165) is 31.2 Å². The highest BCUT2D eigenvalue weighted by atomic mass is 16.5.